The lowest BCUT2D eigenvalue weighted by atomic mass is 10.1. The van der Waals surface area contributed by atoms with Crippen molar-refractivity contribution in [2.45, 2.75) is 6.61 Å². The van der Waals surface area contributed by atoms with E-state index in [1.807, 2.05) is 95.6 Å². The van der Waals surface area contributed by atoms with Gasteiger partial charge in [-0.3, -0.25) is 4.57 Å². The molecule has 0 unspecified atom stereocenters. The second-order valence-electron chi connectivity index (χ2n) is 8.11. The van der Waals surface area contributed by atoms with Gasteiger partial charge in [0.05, 0.1) is 24.5 Å². The van der Waals surface area contributed by atoms with Gasteiger partial charge in [-0.05, 0) is 41.5 Å². The second kappa shape index (κ2) is 10.7. The largest absolute Gasteiger partial charge is 0.489 e. The lowest BCUT2D eigenvalue weighted by Crippen LogP contribution is -2.38. The van der Waals surface area contributed by atoms with Crippen LogP contribution < -0.4 is 9.64 Å². The quantitative estimate of drug-likeness (QED) is 0.368. The fourth-order valence-electron chi connectivity index (χ4n) is 3.98. The molecule has 0 atom stereocenters. The summed E-state index contributed by atoms with van der Waals surface area (Å²) in [5.41, 5.74) is 3.26. The molecule has 1 aliphatic heterocycles. The number of ether oxygens (including phenoxy) is 2. The summed E-state index contributed by atoms with van der Waals surface area (Å²) in [4.78, 5) is 2.14. The number of anilines is 1. The number of morpholine rings is 1. The van der Waals surface area contributed by atoms with Gasteiger partial charge in [-0.2, -0.15) is 5.26 Å². The zero-order valence-corrected chi connectivity index (χ0v) is 19.2. The van der Waals surface area contributed by atoms with Crippen LogP contribution in [0.4, 0.5) is 5.95 Å². The molecule has 0 N–H and O–H groups in total. The molecule has 3 aromatic carbocycles. The molecule has 0 radical (unpaired) electrons. The van der Waals surface area contributed by atoms with E-state index in [4.69, 9.17) is 9.47 Å². The van der Waals surface area contributed by atoms with Crippen LogP contribution in [0.5, 0.6) is 5.75 Å². The molecule has 2 heterocycles. The maximum Gasteiger partial charge on any atom is 0.232 e. The summed E-state index contributed by atoms with van der Waals surface area (Å²) >= 11 is 0. The van der Waals surface area contributed by atoms with Crippen LogP contribution in [0.25, 0.3) is 17.3 Å². The van der Waals surface area contributed by atoms with Crippen molar-refractivity contribution in [1.29, 1.82) is 5.26 Å². The highest BCUT2D eigenvalue weighted by Gasteiger charge is 2.23. The fraction of sp³-hybridized carbons (Fsp3) is 0.179. The summed E-state index contributed by atoms with van der Waals surface area (Å²) in [7, 11) is 0. The van der Waals surface area contributed by atoms with Gasteiger partial charge < -0.3 is 14.4 Å². The van der Waals surface area contributed by atoms with Crippen LogP contribution >= 0.6 is 0 Å². The van der Waals surface area contributed by atoms with Crippen LogP contribution in [0.15, 0.2) is 84.9 Å². The Bertz CT molecular complexity index is 1340. The fourth-order valence-corrected chi connectivity index (χ4v) is 3.98. The van der Waals surface area contributed by atoms with E-state index in [0.29, 0.717) is 37.2 Å². The third-order valence-electron chi connectivity index (χ3n) is 5.73. The van der Waals surface area contributed by atoms with E-state index in [0.717, 1.165) is 35.7 Å². The van der Waals surface area contributed by atoms with Crippen molar-refractivity contribution >= 4 is 17.6 Å². The molecule has 7 nitrogen and oxygen atoms in total. The molecule has 1 aromatic heterocycles. The number of para-hydroxylation sites is 1. The number of aromatic nitrogens is 3. The Hall–Kier alpha value is -4.41. The maximum absolute atomic E-state index is 10.1. The summed E-state index contributed by atoms with van der Waals surface area (Å²) in [5.74, 6) is 1.94. The Morgan fingerprint density at radius 1 is 0.943 bits per heavy atom. The number of hydrogen-bond acceptors (Lipinski definition) is 6. The van der Waals surface area contributed by atoms with Gasteiger partial charge in [-0.25, -0.2) is 0 Å². The Labute approximate surface area is 204 Å². The van der Waals surface area contributed by atoms with Crippen molar-refractivity contribution in [1.82, 2.24) is 14.8 Å². The average Bonchev–Trinajstić information content (AvgIpc) is 3.37. The highest BCUT2D eigenvalue weighted by atomic mass is 16.5. The topological polar surface area (TPSA) is 76.2 Å². The van der Waals surface area contributed by atoms with Crippen molar-refractivity contribution < 1.29 is 9.47 Å². The van der Waals surface area contributed by atoms with E-state index in [-0.39, 0.29) is 0 Å². The first-order valence-electron chi connectivity index (χ1n) is 11.5. The summed E-state index contributed by atoms with van der Waals surface area (Å²) in [6.45, 7) is 3.18. The van der Waals surface area contributed by atoms with Crippen molar-refractivity contribution in [2.75, 3.05) is 31.2 Å². The molecular formula is C28H25N5O2. The lowest BCUT2D eigenvalue weighted by Gasteiger charge is -2.28. The molecule has 1 fully saturated rings. The van der Waals surface area contributed by atoms with Crippen molar-refractivity contribution in [3.8, 4) is 17.5 Å². The molecule has 1 aliphatic rings. The summed E-state index contributed by atoms with van der Waals surface area (Å²) in [6.07, 6.45) is 1.82. The Morgan fingerprint density at radius 3 is 2.43 bits per heavy atom. The molecule has 5 rings (SSSR count). The molecule has 0 spiro atoms. The van der Waals surface area contributed by atoms with E-state index in [1.54, 1.807) is 0 Å². The van der Waals surface area contributed by atoms with E-state index in [9.17, 15) is 5.26 Å². The highest BCUT2D eigenvalue weighted by Crippen LogP contribution is 2.27. The monoisotopic (exact) mass is 463 g/mol. The molecule has 35 heavy (non-hydrogen) atoms. The summed E-state index contributed by atoms with van der Waals surface area (Å²) < 4.78 is 13.4. The normalized spacial score (nSPS) is 13.9. The first-order valence-corrected chi connectivity index (χ1v) is 11.5. The highest BCUT2D eigenvalue weighted by molar-refractivity contribution is 5.88. The first-order chi connectivity index (χ1) is 17.3. The van der Waals surface area contributed by atoms with E-state index in [1.165, 1.54) is 0 Å². The van der Waals surface area contributed by atoms with Gasteiger partial charge in [-0.15, -0.1) is 10.2 Å². The molecule has 0 saturated carbocycles. The third-order valence-corrected chi connectivity index (χ3v) is 5.73. The minimum absolute atomic E-state index is 0.418. The SMILES string of the molecule is N#C/C(=C\c1cccc(OCc2ccccc2)c1)c1nnc(N2CCOCC2)n1-c1ccccc1. The molecule has 4 aromatic rings. The van der Waals surface area contributed by atoms with Crippen LogP contribution in [0.3, 0.4) is 0 Å². The van der Waals surface area contributed by atoms with Crippen molar-refractivity contribution in [3.05, 3.63) is 102 Å². The number of rotatable bonds is 7. The molecular weight excluding hydrogens is 438 g/mol. The minimum Gasteiger partial charge on any atom is -0.489 e. The van der Waals surface area contributed by atoms with Gasteiger partial charge in [0.1, 0.15) is 18.4 Å². The summed E-state index contributed by atoms with van der Waals surface area (Å²) in [5, 5.41) is 19.0. The van der Waals surface area contributed by atoms with E-state index in [2.05, 4.69) is 21.2 Å². The zero-order valence-electron chi connectivity index (χ0n) is 19.2. The average molecular weight is 464 g/mol. The standard InChI is InChI=1S/C28H25N5O2/c29-20-24(18-23-10-7-13-26(19-23)35-21-22-8-3-1-4-9-22)27-30-31-28(32-14-16-34-17-15-32)33(27)25-11-5-2-6-12-25/h1-13,18-19H,14-17,21H2/b24-18+. The van der Waals surface area contributed by atoms with Crippen LogP contribution in [0, 0.1) is 11.3 Å². The second-order valence-corrected chi connectivity index (χ2v) is 8.11. The molecule has 0 amide bonds. The van der Waals surface area contributed by atoms with E-state index < -0.39 is 0 Å². The molecule has 7 heteroatoms. The van der Waals surface area contributed by atoms with Crippen LogP contribution in [-0.2, 0) is 11.3 Å². The smallest absolute Gasteiger partial charge is 0.232 e. The van der Waals surface area contributed by atoms with Gasteiger partial charge in [0, 0.05) is 13.1 Å². The number of hydrogen-bond donors (Lipinski definition) is 0. The van der Waals surface area contributed by atoms with Gasteiger partial charge >= 0.3 is 0 Å². The number of nitrogens with zero attached hydrogens (tertiary/aromatic N) is 5. The Balaban J connectivity index is 1.47. The van der Waals surface area contributed by atoms with Gasteiger partial charge in [0.15, 0.2) is 5.82 Å². The Morgan fingerprint density at radius 2 is 1.69 bits per heavy atom. The number of allylic oxidation sites excluding steroid dienone is 1. The molecule has 1 saturated heterocycles. The van der Waals surface area contributed by atoms with Crippen LogP contribution in [0.2, 0.25) is 0 Å². The predicted octanol–water partition coefficient (Wildman–Crippen LogP) is 4.75. The van der Waals surface area contributed by atoms with Gasteiger partial charge in [0.25, 0.3) is 0 Å². The van der Waals surface area contributed by atoms with Crippen LogP contribution in [0.1, 0.15) is 17.0 Å². The van der Waals surface area contributed by atoms with Gasteiger partial charge in [-0.1, -0.05) is 60.7 Å². The molecule has 174 valence electrons. The Kier molecular flexibility index (Phi) is 6.83. The third kappa shape index (κ3) is 5.24. The lowest BCUT2D eigenvalue weighted by molar-refractivity contribution is 0.122. The van der Waals surface area contributed by atoms with Crippen molar-refractivity contribution in [2.24, 2.45) is 0 Å². The number of benzene rings is 3. The predicted molar refractivity (Wildman–Crippen MR) is 135 cm³/mol. The summed E-state index contributed by atoms with van der Waals surface area (Å²) in [6, 6.07) is 29.9. The van der Waals surface area contributed by atoms with Crippen LogP contribution in [-0.4, -0.2) is 41.1 Å². The van der Waals surface area contributed by atoms with Crippen molar-refractivity contribution in [3.63, 3.8) is 0 Å². The molecule has 0 aliphatic carbocycles. The van der Waals surface area contributed by atoms with Gasteiger partial charge in [0.2, 0.25) is 5.95 Å². The maximum atomic E-state index is 10.1. The zero-order chi connectivity index (χ0) is 23.9. The first kappa shape index (κ1) is 22.4. The number of nitriles is 1. The minimum atomic E-state index is 0.418. The van der Waals surface area contributed by atoms with E-state index >= 15 is 0 Å². The molecule has 0 bridgehead atoms.